The monoisotopic (exact) mass is 625 g/mol. The van der Waals surface area contributed by atoms with E-state index in [1.54, 1.807) is 0 Å². The molecule has 1 amide bonds. The smallest absolute Gasteiger partial charge is 0.248 e. The zero-order valence-electron chi connectivity index (χ0n) is 28.2. The Morgan fingerprint density at radius 2 is 1.80 bits per heavy atom. The van der Waals surface area contributed by atoms with Gasteiger partial charge < -0.3 is 35.2 Å². The number of hydrogen-bond acceptors (Lipinski definition) is 9. The van der Waals surface area contributed by atoms with Crippen molar-refractivity contribution in [1.29, 1.82) is 0 Å². The Morgan fingerprint density at radius 1 is 1.11 bits per heavy atom. The van der Waals surface area contributed by atoms with Gasteiger partial charge in [-0.15, -0.1) is 0 Å². The summed E-state index contributed by atoms with van der Waals surface area (Å²) in [7, 11) is 0. The maximum absolute atomic E-state index is 14.2. The number of carbonyl (C=O) groups is 1. The number of nitrogens with one attached hydrogen (secondary N) is 2. The summed E-state index contributed by atoms with van der Waals surface area (Å²) in [6.07, 6.45) is 8.03. The number of hydrogen-bond donors (Lipinski definition) is 4. The van der Waals surface area contributed by atoms with E-state index in [9.17, 15) is 15.0 Å². The van der Waals surface area contributed by atoms with Gasteiger partial charge in [0.05, 0.1) is 18.1 Å². The average molecular weight is 626 g/mol. The predicted molar refractivity (Wildman–Crippen MR) is 176 cm³/mol. The summed E-state index contributed by atoms with van der Waals surface area (Å²) < 4.78 is 12.3. The Balaban J connectivity index is 1.39. The summed E-state index contributed by atoms with van der Waals surface area (Å²) in [4.78, 5) is 21.4. The number of aliphatic hydroxyl groups is 2. The van der Waals surface area contributed by atoms with Gasteiger partial charge in [0.2, 0.25) is 5.91 Å². The van der Waals surface area contributed by atoms with Gasteiger partial charge in [0, 0.05) is 87.6 Å². The second kappa shape index (κ2) is 14.4. The number of allylic oxidation sites excluding steroid dienone is 4. The lowest BCUT2D eigenvalue weighted by Crippen LogP contribution is -2.50. The lowest BCUT2D eigenvalue weighted by atomic mass is 9.81. The number of carbonyl (C=O) groups excluding carboxylic acids is 1. The molecule has 0 aromatic carbocycles. The molecule has 250 valence electrons. The fourth-order valence-electron chi connectivity index (χ4n) is 7.56. The Kier molecular flexibility index (Phi) is 10.8. The minimum absolute atomic E-state index is 0.101. The molecule has 0 radical (unpaired) electrons. The number of ether oxygens (including phenoxy) is 2. The van der Waals surface area contributed by atoms with Crippen LogP contribution in [0, 0.1) is 5.92 Å². The largest absolute Gasteiger partial charge is 0.489 e. The lowest BCUT2D eigenvalue weighted by molar-refractivity contribution is -0.118. The summed E-state index contributed by atoms with van der Waals surface area (Å²) in [5.74, 6) is 0.644. The first-order valence-corrected chi connectivity index (χ1v) is 16.9. The highest BCUT2D eigenvalue weighted by atomic mass is 16.5. The van der Waals surface area contributed by atoms with Crippen LogP contribution < -0.4 is 10.6 Å². The van der Waals surface area contributed by atoms with Crippen molar-refractivity contribution in [2.24, 2.45) is 5.92 Å². The van der Waals surface area contributed by atoms with Crippen LogP contribution >= 0.6 is 0 Å². The van der Waals surface area contributed by atoms with E-state index in [4.69, 9.17) is 9.47 Å². The zero-order valence-corrected chi connectivity index (χ0v) is 28.2. The number of likely N-dealkylation sites (N-methyl/N-ethyl adjacent to an activating group) is 1. The van der Waals surface area contributed by atoms with Crippen molar-refractivity contribution in [3.05, 3.63) is 57.7 Å². The Bertz CT molecular complexity index is 1250. The van der Waals surface area contributed by atoms with Gasteiger partial charge in [0.15, 0.2) is 0 Å². The van der Waals surface area contributed by atoms with Crippen LogP contribution in [-0.4, -0.2) is 120 Å². The number of piperazine rings is 1. The number of fused-ring (bicyclic) bond motifs is 1. The molecule has 1 aliphatic carbocycles. The number of aliphatic hydroxyl groups excluding tert-OH is 1. The molecule has 0 bridgehead atoms. The highest BCUT2D eigenvalue weighted by molar-refractivity contribution is 5.96. The highest BCUT2D eigenvalue weighted by Crippen LogP contribution is 2.42. The first-order valence-electron chi connectivity index (χ1n) is 16.9. The highest BCUT2D eigenvalue weighted by Gasteiger charge is 2.41. The minimum atomic E-state index is -0.821. The first-order chi connectivity index (χ1) is 21.5. The van der Waals surface area contributed by atoms with Gasteiger partial charge in [-0.1, -0.05) is 6.92 Å². The first kappa shape index (κ1) is 33.7. The van der Waals surface area contributed by atoms with Crippen LogP contribution in [0.25, 0.3) is 0 Å². The second-order valence-corrected chi connectivity index (χ2v) is 13.8. The third kappa shape index (κ3) is 8.03. The van der Waals surface area contributed by atoms with Gasteiger partial charge in [-0.05, 0) is 83.3 Å². The molecular formula is C35H55N5O5. The van der Waals surface area contributed by atoms with E-state index in [2.05, 4.69) is 51.3 Å². The molecule has 4 aliphatic heterocycles. The van der Waals surface area contributed by atoms with Crippen molar-refractivity contribution >= 4 is 5.91 Å². The fourth-order valence-corrected chi connectivity index (χ4v) is 7.56. The van der Waals surface area contributed by atoms with E-state index in [0.717, 1.165) is 105 Å². The number of β-amino-alcohol motifs (C(OH)–C–C–N with tert-alkyl or cyclic N) is 1. The molecule has 10 nitrogen and oxygen atoms in total. The van der Waals surface area contributed by atoms with E-state index in [-0.39, 0.29) is 24.5 Å². The maximum Gasteiger partial charge on any atom is 0.248 e. The Hall–Kier alpha value is -2.63. The normalized spacial score (nSPS) is 26.9. The molecule has 5 aliphatic rings. The van der Waals surface area contributed by atoms with Gasteiger partial charge in [-0.2, -0.15) is 0 Å². The van der Waals surface area contributed by atoms with Crippen molar-refractivity contribution < 1.29 is 24.5 Å². The number of dihydropyridines is 1. The van der Waals surface area contributed by atoms with E-state index < -0.39 is 11.8 Å². The summed E-state index contributed by atoms with van der Waals surface area (Å²) in [5.41, 5.74) is 4.91. The van der Waals surface area contributed by atoms with Crippen LogP contribution in [0.4, 0.5) is 0 Å². The number of nitrogens with zero attached hydrogens (tertiary/aromatic N) is 3. The lowest BCUT2D eigenvalue weighted by Gasteiger charge is -2.41. The van der Waals surface area contributed by atoms with Crippen LogP contribution in [0.15, 0.2) is 57.7 Å². The minimum Gasteiger partial charge on any atom is -0.489 e. The standard InChI is InChI=1S/C35H55N5O5/c1-7-27-30(40(8-2)25-9-15-44-16-10-25)19-31-28(32(27)34(42)36-20-29-23(3)17-24(4)37-33(29)41)18-26(45-31)21-38-11-13-39(14-12-38)22-35(5,6)43/h17-19,25,28,31,33,37,41,43H,7-16,20-22H2,1-6H3,(H,36,42). The van der Waals surface area contributed by atoms with Crippen LogP contribution in [0.1, 0.15) is 60.8 Å². The molecule has 5 rings (SSSR count). The third-order valence-electron chi connectivity index (χ3n) is 9.70. The summed E-state index contributed by atoms with van der Waals surface area (Å²) in [6.45, 7) is 19.6. The number of amides is 1. The predicted octanol–water partition coefficient (Wildman–Crippen LogP) is 2.64. The molecule has 0 aromatic rings. The molecule has 3 unspecified atom stereocenters. The van der Waals surface area contributed by atoms with Crippen molar-refractivity contribution in [2.45, 2.75) is 84.8 Å². The summed E-state index contributed by atoms with van der Waals surface area (Å²) in [5, 5.41) is 27.2. The third-order valence-corrected chi connectivity index (χ3v) is 9.70. The van der Waals surface area contributed by atoms with Crippen molar-refractivity contribution in [1.82, 2.24) is 25.3 Å². The van der Waals surface area contributed by atoms with Gasteiger partial charge in [0.1, 0.15) is 18.1 Å². The van der Waals surface area contributed by atoms with E-state index in [1.165, 1.54) is 0 Å². The van der Waals surface area contributed by atoms with Crippen LogP contribution in [0.5, 0.6) is 0 Å². The molecule has 4 N–H and O–H groups in total. The van der Waals surface area contributed by atoms with E-state index in [0.29, 0.717) is 19.1 Å². The van der Waals surface area contributed by atoms with E-state index >= 15 is 0 Å². The molecule has 10 heteroatoms. The molecule has 45 heavy (non-hydrogen) atoms. The average Bonchev–Trinajstić information content (AvgIpc) is 3.38. The molecule has 0 aromatic heterocycles. The number of rotatable bonds is 11. The van der Waals surface area contributed by atoms with Gasteiger partial charge >= 0.3 is 0 Å². The quantitative estimate of drug-likeness (QED) is 0.276. The molecule has 0 saturated carbocycles. The second-order valence-electron chi connectivity index (χ2n) is 13.8. The van der Waals surface area contributed by atoms with Crippen LogP contribution in [0.2, 0.25) is 0 Å². The molecular weight excluding hydrogens is 570 g/mol. The Labute approximate surface area is 269 Å². The molecule has 2 saturated heterocycles. The van der Waals surface area contributed by atoms with Gasteiger partial charge in [-0.25, -0.2) is 0 Å². The molecule has 0 spiro atoms. The zero-order chi connectivity index (χ0) is 32.3. The fraction of sp³-hybridized carbons (Fsp3) is 0.686. The van der Waals surface area contributed by atoms with Gasteiger partial charge in [0.25, 0.3) is 0 Å². The summed E-state index contributed by atoms with van der Waals surface area (Å²) >= 11 is 0. The van der Waals surface area contributed by atoms with Crippen molar-refractivity contribution in [3.8, 4) is 0 Å². The molecule has 3 atom stereocenters. The maximum atomic E-state index is 14.2. The van der Waals surface area contributed by atoms with Crippen LogP contribution in [-0.2, 0) is 14.3 Å². The van der Waals surface area contributed by atoms with Gasteiger partial charge in [-0.3, -0.25) is 14.6 Å². The SMILES string of the molecule is CCC1=C(C(=O)NCC2=C(C)C=C(C)NC2O)C2C=C(CN3CCN(CC(C)(C)O)CC3)OC2C=C1N(CC)C1CCOCC1. The van der Waals surface area contributed by atoms with Crippen LogP contribution in [0.3, 0.4) is 0 Å². The van der Waals surface area contributed by atoms with Crippen molar-refractivity contribution in [3.63, 3.8) is 0 Å². The topological polar surface area (TPSA) is 110 Å². The Morgan fingerprint density at radius 3 is 2.42 bits per heavy atom. The molecule has 4 heterocycles. The summed E-state index contributed by atoms with van der Waals surface area (Å²) in [6, 6.07) is 0.359. The molecule has 2 fully saturated rings. The van der Waals surface area contributed by atoms with E-state index in [1.807, 2.05) is 33.8 Å². The van der Waals surface area contributed by atoms with Crippen molar-refractivity contribution in [2.75, 3.05) is 65.6 Å².